The molecule has 1 aromatic carbocycles. The van der Waals surface area contributed by atoms with E-state index in [4.69, 9.17) is 0 Å². The van der Waals surface area contributed by atoms with Crippen molar-refractivity contribution in [3.63, 3.8) is 0 Å². The number of aromatic nitrogens is 1. The Bertz CT molecular complexity index is 612. The number of thioether (sulfide) groups is 1. The SMILES string of the molecule is Cc1cc(C)c(SCCNc2cc(C)ncc2C)c(C)c1. The highest BCUT2D eigenvalue weighted by Gasteiger charge is 2.05. The Hall–Kier alpha value is -1.48. The molecule has 1 aromatic heterocycles. The minimum atomic E-state index is 0.960. The smallest absolute Gasteiger partial charge is 0.0403 e. The van der Waals surface area contributed by atoms with E-state index in [1.807, 2.05) is 24.9 Å². The van der Waals surface area contributed by atoms with Crippen LogP contribution in [0.15, 0.2) is 29.3 Å². The maximum atomic E-state index is 4.30. The third-order valence-corrected chi connectivity index (χ3v) is 4.85. The highest BCUT2D eigenvalue weighted by atomic mass is 32.2. The van der Waals surface area contributed by atoms with Gasteiger partial charge < -0.3 is 5.32 Å². The Morgan fingerprint density at radius 1 is 0.952 bits per heavy atom. The summed E-state index contributed by atoms with van der Waals surface area (Å²) in [7, 11) is 0. The first-order valence-corrected chi connectivity index (χ1v) is 8.33. The van der Waals surface area contributed by atoms with E-state index in [9.17, 15) is 0 Å². The highest BCUT2D eigenvalue weighted by molar-refractivity contribution is 7.99. The number of rotatable bonds is 5. The van der Waals surface area contributed by atoms with E-state index in [2.05, 4.69) is 56.2 Å². The molecule has 0 saturated heterocycles. The second kappa shape index (κ2) is 6.99. The number of anilines is 1. The van der Waals surface area contributed by atoms with Crippen molar-refractivity contribution in [3.8, 4) is 0 Å². The number of nitrogens with zero attached hydrogens (tertiary/aromatic N) is 1. The predicted molar refractivity (Wildman–Crippen MR) is 93.6 cm³/mol. The molecule has 0 bridgehead atoms. The van der Waals surface area contributed by atoms with Gasteiger partial charge in [-0.3, -0.25) is 4.98 Å². The molecule has 3 heteroatoms. The van der Waals surface area contributed by atoms with Crippen molar-refractivity contribution in [2.75, 3.05) is 17.6 Å². The quantitative estimate of drug-likeness (QED) is 0.632. The average molecular weight is 300 g/mol. The highest BCUT2D eigenvalue weighted by Crippen LogP contribution is 2.27. The minimum Gasteiger partial charge on any atom is -0.384 e. The van der Waals surface area contributed by atoms with Gasteiger partial charge in [-0.2, -0.15) is 0 Å². The zero-order valence-corrected chi connectivity index (χ0v) is 14.4. The molecule has 1 N–H and O–H groups in total. The molecule has 0 aliphatic rings. The fraction of sp³-hybridized carbons (Fsp3) is 0.389. The van der Waals surface area contributed by atoms with Crippen LogP contribution in [-0.2, 0) is 0 Å². The molecule has 0 amide bonds. The fourth-order valence-electron chi connectivity index (χ4n) is 2.55. The summed E-state index contributed by atoms with van der Waals surface area (Å²) >= 11 is 1.93. The van der Waals surface area contributed by atoms with Crippen molar-refractivity contribution in [3.05, 3.63) is 52.3 Å². The summed E-state index contributed by atoms with van der Waals surface area (Å²) in [6.07, 6.45) is 1.93. The van der Waals surface area contributed by atoms with Crippen LogP contribution in [0.1, 0.15) is 27.9 Å². The number of benzene rings is 1. The van der Waals surface area contributed by atoms with E-state index in [-0.39, 0.29) is 0 Å². The Kier molecular flexibility index (Phi) is 5.29. The molecule has 21 heavy (non-hydrogen) atoms. The predicted octanol–water partition coefficient (Wildman–Crippen LogP) is 4.83. The van der Waals surface area contributed by atoms with Gasteiger partial charge in [0.2, 0.25) is 0 Å². The second-order valence-corrected chi connectivity index (χ2v) is 6.75. The van der Waals surface area contributed by atoms with Crippen LogP contribution in [0.25, 0.3) is 0 Å². The third-order valence-electron chi connectivity index (χ3n) is 3.51. The van der Waals surface area contributed by atoms with Crippen LogP contribution in [0.4, 0.5) is 5.69 Å². The van der Waals surface area contributed by atoms with Gasteiger partial charge in [-0.05, 0) is 57.4 Å². The number of hydrogen-bond donors (Lipinski definition) is 1. The zero-order chi connectivity index (χ0) is 15.4. The molecule has 2 nitrogen and oxygen atoms in total. The van der Waals surface area contributed by atoms with Gasteiger partial charge in [0.05, 0.1) is 0 Å². The summed E-state index contributed by atoms with van der Waals surface area (Å²) in [5, 5.41) is 3.51. The van der Waals surface area contributed by atoms with Crippen molar-refractivity contribution < 1.29 is 0 Å². The first kappa shape index (κ1) is 15.9. The second-order valence-electron chi connectivity index (χ2n) is 5.64. The number of pyridine rings is 1. The van der Waals surface area contributed by atoms with E-state index >= 15 is 0 Å². The van der Waals surface area contributed by atoms with Crippen molar-refractivity contribution in [2.24, 2.45) is 0 Å². The summed E-state index contributed by atoms with van der Waals surface area (Å²) in [6, 6.07) is 6.64. The molecule has 0 fully saturated rings. The number of aryl methyl sites for hydroxylation is 5. The molecule has 112 valence electrons. The Labute approximate surface area is 132 Å². The van der Waals surface area contributed by atoms with E-state index in [0.717, 1.165) is 18.0 Å². The van der Waals surface area contributed by atoms with Gasteiger partial charge in [0.25, 0.3) is 0 Å². The van der Waals surface area contributed by atoms with Crippen molar-refractivity contribution in [2.45, 2.75) is 39.5 Å². The van der Waals surface area contributed by atoms with Crippen LogP contribution in [0.3, 0.4) is 0 Å². The molecule has 2 rings (SSSR count). The van der Waals surface area contributed by atoms with Gasteiger partial charge >= 0.3 is 0 Å². The zero-order valence-electron chi connectivity index (χ0n) is 13.6. The fourth-order valence-corrected chi connectivity index (χ4v) is 3.53. The van der Waals surface area contributed by atoms with Crippen LogP contribution < -0.4 is 5.32 Å². The molecule has 1 heterocycles. The summed E-state index contributed by atoms with van der Waals surface area (Å²) in [4.78, 5) is 5.72. The van der Waals surface area contributed by atoms with E-state index in [0.29, 0.717) is 0 Å². The number of hydrogen-bond acceptors (Lipinski definition) is 3. The molecular formula is C18H24N2S. The standard InChI is InChI=1S/C18H24N2S/c1-12-8-13(2)18(14(3)9-12)21-7-6-19-17-10-16(5)20-11-15(17)4/h8-11H,6-7H2,1-5H3,(H,19,20). The maximum Gasteiger partial charge on any atom is 0.0403 e. The van der Waals surface area contributed by atoms with Gasteiger partial charge in [-0.15, -0.1) is 11.8 Å². The van der Waals surface area contributed by atoms with Gasteiger partial charge in [-0.25, -0.2) is 0 Å². The Morgan fingerprint density at radius 2 is 1.62 bits per heavy atom. The molecule has 0 aliphatic heterocycles. The third kappa shape index (κ3) is 4.24. The summed E-state index contributed by atoms with van der Waals surface area (Å²) < 4.78 is 0. The lowest BCUT2D eigenvalue weighted by Gasteiger charge is -2.13. The van der Waals surface area contributed by atoms with Gasteiger partial charge in [-0.1, -0.05) is 17.7 Å². The molecule has 0 atom stereocenters. The van der Waals surface area contributed by atoms with Crippen LogP contribution in [0.2, 0.25) is 0 Å². The van der Waals surface area contributed by atoms with Crippen LogP contribution in [-0.4, -0.2) is 17.3 Å². The van der Waals surface area contributed by atoms with E-state index < -0.39 is 0 Å². The van der Waals surface area contributed by atoms with Gasteiger partial charge in [0, 0.05) is 34.8 Å². The Morgan fingerprint density at radius 3 is 2.29 bits per heavy atom. The molecule has 0 radical (unpaired) electrons. The van der Waals surface area contributed by atoms with Gasteiger partial charge in [0.15, 0.2) is 0 Å². The topological polar surface area (TPSA) is 24.9 Å². The maximum absolute atomic E-state index is 4.30. The van der Waals surface area contributed by atoms with Crippen molar-refractivity contribution in [1.29, 1.82) is 0 Å². The van der Waals surface area contributed by atoms with E-state index in [1.165, 1.54) is 32.8 Å². The largest absolute Gasteiger partial charge is 0.384 e. The molecule has 0 unspecified atom stereocenters. The van der Waals surface area contributed by atoms with Crippen LogP contribution >= 0.6 is 11.8 Å². The normalized spacial score (nSPS) is 10.7. The molecule has 0 spiro atoms. The van der Waals surface area contributed by atoms with Crippen molar-refractivity contribution >= 4 is 17.4 Å². The lowest BCUT2D eigenvalue weighted by atomic mass is 10.1. The monoisotopic (exact) mass is 300 g/mol. The first-order chi connectivity index (χ1) is 9.97. The van der Waals surface area contributed by atoms with Crippen LogP contribution in [0, 0.1) is 34.6 Å². The lowest BCUT2D eigenvalue weighted by molar-refractivity contribution is 1.13. The number of nitrogens with one attached hydrogen (secondary N) is 1. The Balaban J connectivity index is 1.92. The van der Waals surface area contributed by atoms with E-state index in [1.54, 1.807) is 0 Å². The summed E-state index contributed by atoms with van der Waals surface area (Å²) in [5.74, 6) is 1.06. The molecule has 0 aliphatic carbocycles. The van der Waals surface area contributed by atoms with Gasteiger partial charge in [0.1, 0.15) is 0 Å². The summed E-state index contributed by atoms with van der Waals surface area (Å²) in [6.45, 7) is 11.6. The lowest BCUT2D eigenvalue weighted by Crippen LogP contribution is -2.06. The molecular weight excluding hydrogens is 276 g/mol. The minimum absolute atomic E-state index is 0.960. The molecule has 0 saturated carbocycles. The van der Waals surface area contributed by atoms with Crippen LogP contribution in [0.5, 0.6) is 0 Å². The van der Waals surface area contributed by atoms with Crippen molar-refractivity contribution in [1.82, 2.24) is 4.98 Å². The first-order valence-electron chi connectivity index (χ1n) is 7.35. The molecule has 2 aromatic rings. The average Bonchev–Trinajstić information content (AvgIpc) is 2.40. The summed E-state index contributed by atoms with van der Waals surface area (Å²) in [5.41, 5.74) is 7.56.